The molecule has 0 aromatic carbocycles. The van der Waals surface area contributed by atoms with E-state index in [9.17, 15) is 10.2 Å². The fraction of sp³-hybridized carbons (Fsp3) is 1.00. The summed E-state index contributed by atoms with van der Waals surface area (Å²) in [6, 6.07) is 0. The van der Waals surface area contributed by atoms with Crippen LogP contribution in [0.4, 0.5) is 0 Å². The van der Waals surface area contributed by atoms with Crippen molar-refractivity contribution in [3.63, 3.8) is 0 Å². The van der Waals surface area contributed by atoms with E-state index in [4.69, 9.17) is 0 Å². The zero-order valence-electron chi connectivity index (χ0n) is 9.92. The molecule has 0 aromatic heterocycles. The Morgan fingerprint density at radius 3 is 2.07 bits per heavy atom. The van der Waals surface area contributed by atoms with Crippen molar-refractivity contribution in [3.8, 4) is 0 Å². The fourth-order valence-corrected chi connectivity index (χ4v) is 1.98. The number of hydrogen-bond acceptors (Lipinski definition) is 2. The van der Waals surface area contributed by atoms with Crippen LogP contribution in [0.1, 0.15) is 65.7 Å². The first-order valence-electron chi connectivity index (χ1n) is 6.03. The molecule has 0 aliphatic carbocycles. The average molecular weight is 202 g/mol. The van der Waals surface area contributed by atoms with Gasteiger partial charge in [0.15, 0.2) is 5.79 Å². The van der Waals surface area contributed by atoms with Gasteiger partial charge in [0.25, 0.3) is 0 Å². The van der Waals surface area contributed by atoms with Gasteiger partial charge in [0.05, 0.1) is 0 Å². The van der Waals surface area contributed by atoms with Gasteiger partial charge in [-0.3, -0.25) is 0 Å². The third-order valence-corrected chi connectivity index (χ3v) is 2.92. The van der Waals surface area contributed by atoms with E-state index in [1.807, 2.05) is 13.8 Å². The van der Waals surface area contributed by atoms with Gasteiger partial charge in [0, 0.05) is 12.3 Å². The lowest BCUT2D eigenvalue weighted by molar-refractivity contribution is -0.207. The number of hydrogen-bond donors (Lipinski definition) is 2. The quantitative estimate of drug-likeness (QED) is 0.469. The van der Waals surface area contributed by atoms with Crippen molar-refractivity contribution in [2.75, 3.05) is 0 Å². The normalized spacial score (nSPS) is 14.4. The first-order valence-corrected chi connectivity index (χ1v) is 6.03. The van der Waals surface area contributed by atoms with E-state index >= 15 is 0 Å². The van der Waals surface area contributed by atoms with Crippen LogP contribution in [0.3, 0.4) is 0 Å². The fourth-order valence-electron chi connectivity index (χ4n) is 1.98. The summed E-state index contributed by atoms with van der Waals surface area (Å²) in [5.41, 5.74) is 0. The van der Waals surface area contributed by atoms with Crippen molar-refractivity contribution in [2.45, 2.75) is 71.5 Å². The summed E-state index contributed by atoms with van der Waals surface area (Å²) in [6.07, 6.45) is 6.62. The van der Waals surface area contributed by atoms with Gasteiger partial charge in [-0.15, -0.1) is 0 Å². The largest absolute Gasteiger partial charge is 0.365 e. The first-order chi connectivity index (χ1) is 6.58. The van der Waals surface area contributed by atoms with E-state index in [0.717, 1.165) is 25.7 Å². The van der Waals surface area contributed by atoms with Crippen LogP contribution < -0.4 is 0 Å². The van der Waals surface area contributed by atoms with E-state index in [0.29, 0.717) is 6.42 Å². The summed E-state index contributed by atoms with van der Waals surface area (Å²) in [7, 11) is 0. The van der Waals surface area contributed by atoms with Crippen molar-refractivity contribution in [2.24, 2.45) is 5.92 Å². The maximum Gasteiger partial charge on any atom is 0.165 e. The Morgan fingerprint density at radius 1 is 1.00 bits per heavy atom. The predicted octanol–water partition coefficient (Wildman–Crippen LogP) is 3.07. The van der Waals surface area contributed by atoms with Gasteiger partial charge in [-0.2, -0.15) is 0 Å². The smallest absolute Gasteiger partial charge is 0.165 e. The Kier molecular flexibility index (Phi) is 7.20. The highest BCUT2D eigenvalue weighted by Gasteiger charge is 2.31. The molecular formula is C12H26O2. The van der Waals surface area contributed by atoms with E-state index < -0.39 is 5.79 Å². The summed E-state index contributed by atoms with van der Waals surface area (Å²) >= 11 is 0. The SMILES string of the molecule is CCCCCC(CC)C(O)(O)CCC. The summed E-state index contributed by atoms with van der Waals surface area (Å²) in [4.78, 5) is 0. The van der Waals surface area contributed by atoms with Gasteiger partial charge in [0.1, 0.15) is 0 Å². The van der Waals surface area contributed by atoms with Crippen LogP contribution >= 0.6 is 0 Å². The predicted molar refractivity (Wildman–Crippen MR) is 60.0 cm³/mol. The van der Waals surface area contributed by atoms with Gasteiger partial charge in [-0.05, 0) is 12.8 Å². The Balaban J connectivity index is 3.96. The first kappa shape index (κ1) is 13.9. The zero-order chi connectivity index (χ0) is 11.0. The minimum absolute atomic E-state index is 0.0500. The summed E-state index contributed by atoms with van der Waals surface area (Å²) in [5, 5.41) is 19.7. The molecule has 0 saturated heterocycles. The topological polar surface area (TPSA) is 40.5 Å². The van der Waals surface area contributed by atoms with Crippen LogP contribution in [0.25, 0.3) is 0 Å². The van der Waals surface area contributed by atoms with E-state index in [1.165, 1.54) is 12.8 Å². The third-order valence-electron chi connectivity index (χ3n) is 2.92. The summed E-state index contributed by atoms with van der Waals surface area (Å²) < 4.78 is 0. The van der Waals surface area contributed by atoms with Crippen molar-refractivity contribution in [1.29, 1.82) is 0 Å². The number of unbranched alkanes of at least 4 members (excludes halogenated alkanes) is 2. The Labute approximate surface area is 88.3 Å². The standard InChI is InChI=1S/C12H26O2/c1-4-7-8-9-11(6-3)12(13,14)10-5-2/h11,13-14H,4-10H2,1-3H3. The molecule has 0 fully saturated rings. The van der Waals surface area contributed by atoms with E-state index in [1.54, 1.807) is 0 Å². The Bertz CT molecular complexity index is 132. The molecule has 2 N–H and O–H groups in total. The molecule has 1 unspecified atom stereocenters. The van der Waals surface area contributed by atoms with Gasteiger partial charge < -0.3 is 10.2 Å². The molecule has 14 heavy (non-hydrogen) atoms. The molecule has 0 heterocycles. The maximum atomic E-state index is 9.83. The molecule has 0 aliphatic rings. The van der Waals surface area contributed by atoms with Crippen molar-refractivity contribution < 1.29 is 10.2 Å². The van der Waals surface area contributed by atoms with Crippen LogP contribution in [0, 0.1) is 5.92 Å². The van der Waals surface area contributed by atoms with Crippen LogP contribution in [0.2, 0.25) is 0 Å². The lowest BCUT2D eigenvalue weighted by atomic mass is 9.87. The number of aliphatic hydroxyl groups is 2. The lowest BCUT2D eigenvalue weighted by Gasteiger charge is -2.30. The van der Waals surface area contributed by atoms with Gasteiger partial charge in [0.2, 0.25) is 0 Å². The van der Waals surface area contributed by atoms with Crippen LogP contribution in [-0.4, -0.2) is 16.0 Å². The maximum absolute atomic E-state index is 9.83. The monoisotopic (exact) mass is 202 g/mol. The van der Waals surface area contributed by atoms with Gasteiger partial charge in [-0.1, -0.05) is 46.5 Å². The van der Waals surface area contributed by atoms with Crippen molar-refractivity contribution >= 4 is 0 Å². The van der Waals surface area contributed by atoms with Crippen LogP contribution in [0.5, 0.6) is 0 Å². The van der Waals surface area contributed by atoms with E-state index in [-0.39, 0.29) is 5.92 Å². The zero-order valence-corrected chi connectivity index (χ0v) is 9.92. The number of rotatable bonds is 8. The molecule has 1 atom stereocenters. The molecular weight excluding hydrogens is 176 g/mol. The molecule has 0 radical (unpaired) electrons. The highest BCUT2D eigenvalue weighted by atomic mass is 16.5. The minimum atomic E-state index is -1.43. The van der Waals surface area contributed by atoms with Gasteiger partial charge >= 0.3 is 0 Å². The van der Waals surface area contributed by atoms with E-state index in [2.05, 4.69) is 6.92 Å². The highest BCUT2D eigenvalue weighted by molar-refractivity contribution is 4.74. The molecule has 0 aromatic rings. The average Bonchev–Trinajstić information content (AvgIpc) is 2.12. The van der Waals surface area contributed by atoms with Crippen LogP contribution in [0.15, 0.2) is 0 Å². The Hall–Kier alpha value is -0.0800. The minimum Gasteiger partial charge on any atom is -0.365 e. The Morgan fingerprint density at radius 2 is 1.64 bits per heavy atom. The van der Waals surface area contributed by atoms with Crippen LogP contribution in [-0.2, 0) is 0 Å². The molecule has 0 rings (SSSR count). The highest BCUT2D eigenvalue weighted by Crippen LogP contribution is 2.28. The molecule has 0 amide bonds. The molecule has 0 aliphatic heterocycles. The molecule has 0 bridgehead atoms. The van der Waals surface area contributed by atoms with Crippen molar-refractivity contribution in [3.05, 3.63) is 0 Å². The lowest BCUT2D eigenvalue weighted by Crippen LogP contribution is -2.37. The third kappa shape index (κ3) is 4.97. The summed E-state index contributed by atoms with van der Waals surface area (Å²) in [5.74, 6) is -1.38. The molecule has 0 saturated carbocycles. The second kappa shape index (κ2) is 7.24. The summed E-state index contributed by atoms with van der Waals surface area (Å²) in [6.45, 7) is 6.19. The second-order valence-corrected chi connectivity index (χ2v) is 4.23. The van der Waals surface area contributed by atoms with Gasteiger partial charge in [-0.25, -0.2) is 0 Å². The molecule has 2 heteroatoms. The second-order valence-electron chi connectivity index (χ2n) is 4.23. The molecule has 86 valence electrons. The molecule has 2 nitrogen and oxygen atoms in total. The van der Waals surface area contributed by atoms with Crippen molar-refractivity contribution in [1.82, 2.24) is 0 Å². The molecule has 0 spiro atoms.